The Morgan fingerprint density at radius 2 is 1.86 bits per heavy atom. The number of benzene rings is 2. The molecule has 0 saturated carbocycles. The molecule has 0 bridgehead atoms. The van der Waals surface area contributed by atoms with E-state index in [9.17, 15) is 0 Å². The summed E-state index contributed by atoms with van der Waals surface area (Å²) >= 11 is 11.9. The van der Waals surface area contributed by atoms with Crippen molar-refractivity contribution in [1.29, 1.82) is 0 Å². The van der Waals surface area contributed by atoms with Crippen LogP contribution in [0.5, 0.6) is 5.75 Å². The number of rotatable bonds is 4. The molecule has 3 nitrogen and oxygen atoms in total. The molecule has 0 aliphatic rings. The molecule has 0 amide bonds. The number of hydrogen-bond acceptors (Lipinski definition) is 3. The first-order chi connectivity index (χ1) is 10.1. The summed E-state index contributed by atoms with van der Waals surface area (Å²) in [6, 6.07) is 12.4. The summed E-state index contributed by atoms with van der Waals surface area (Å²) in [6.45, 7) is 0. The van der Waals surface area contributed by atoms with E-state index in [2.05, 4.69) is 5.16 Å². The van der Waals surface area contributed by atoms with Crippen LogP contribution < -0.4 is 4.74 Å². The third-order valence-electron chi connectivity index (χ3n) is 2.88. The third kappa shape index (κ3) is 4.00. The lowest BCUT2D eigenvalue weighted by Gasteiger charge is -2.03. The predicted octanol–water partition coefficient (Wildman–Crippen LogP) is 4.89. The lowest BCUT2D eigenvalue weighted by Crippen LogP contribution is -1.96. The highest BCUT2D eigenvalue weighted by atomic mass is 35.5. The third-order valence-corrected chi connectivity index (χ3v) is 3.44. The van der Waals surface area contributed by atoms with Gasteiger partial charge in [0.25, 0.3) is 0 Å². The Morgan fingerprint density at radius 1 is 1.14 bits per heavy atom. The molecule has 0 spiro atoms. The van der Waals surface area contributed by atoms with Gasteiger partial charge in [0.1, 0.15) is 11.5 Å². The molecule has 0 radical (unpaired) electrons. The second-order valence-corrected chi connectivity index (χ2v) is 5.06. The van der Waals surface area contributed by atoms with E-state index in [1.807, 2.05) is 12.1 Å². The highest BCUT2D eigenvalue weighted by molar-refractivity contribution is 6.35. The highest BCUT2D eigenvalue weighted by Gasteiger charge is 2.02. The largest absolute Gasteiger partial charge is 0.497 e. The van der Waals surface area contributed by atoms with Crippen LogP contribution in [0.25, 0.3) is 6.08 Å². The van der Waals surface area contributed by atoms with Gasteiger partial charge >= 0.3 is 0 Å². The topological polar surface area (TPSA) is 41.8 Å². The van der Waals surface area contributed by atoms with Crippen molar-refractivity contribution in [3.8, 4) is 5.75 Å². The van der Waals surface area contributed by atoms with Gasteiger partial charge in [-0.3, -0.25) is 0 Å². The zero-order chi connectivity index (χ0) is 15.2. The molecule has 0 fully saturated rings. The molecule has 21 heavy (non-hydrogen) atoms. The van der Waals surface area contributed by atoms with Gasteiger partial charge in [0.2, 0.25) is 0 Å². The predicted molar refractivity (Wildman–Crippen MR) is 86.8 cm³/mol. The van der Waals surface area contributed by atoms with Crippen molar-refractivity contribution in [2.75, 3.05) is 7.11 Å². The van der Waals surface area contributed by atoms with Gasteiger partial charge in [-0.25, -0.2) is 0 Å². The van der Waals surface area contributed by atoms with E-state index in [4.69, 9.17) is 33.1 Å². The van der Waals surface area contributed by atoms with Crippen molar-refractivity contribution in [2.45, 2.75) is 0 Å². The van der Waals surface area contributed by atoms with Gasteiger partial charge in [0.05, 0.1) is 7.11 Å². The van der Waals surface area contributed by atoms with E-state index < -0.39 is 0 Å². The molecular formula is C16H13Cl2NO2. The first kappa shape index (κ1) is 15.4. The Hall–Kier alpha value is -1.97. The maximum absolute atomic E-state index is 9.15. The van der Waals surface area contributed by atoms with Gasteiger partial charge in [-0.1, -0.05) is 40.5 Å². The molecule has 0 unspecified atom stereocenters. The molecule has 0 aromatic heterocycles. The van der Waals surface area contributed by atoms with E-state index in [0.29, 0.717) is 15.8 Å². The minimum Gasteiger partial charge on any atom is -0.497 e. The van der Waals surface area contributed by atoms with Gasteiger partial charge in [0, 0.05) is 15.6 Å². The van der Waals surface area contributed by atoms with Crippen molar-refractivity contribution in [3.05, 3.63) is 69.7 Å². The van der Waals surface area contributed by atoms with Crippen LogP contribution in [0.3, 0.4) is 0 Å². The Balaban J connectivity index is 2.24. The smallest absolute Gasteiger partial charge is 0.118 e. The van der Waals surface area contributed by atoms with Crippen molar-refractivity contribution in [2.24, 2.45) is 5.16 Å². The molecule has 2 rings (SSSR count). The zero-order valence-electron chi connectivity index (χ0n) is 11.3. The summed E-state index contributed by atoms with van der Waals surface area (Å²) < 4.78 is 5.09. The van der Waals surface area contributed by atoms with Gasteiger partial charge in [-0.05, 0) is 48.0 Å². The molecule has 0 aliphatic carbocycles. The summed E-state index contributed by atoms with van der Waals surface area (Å²) in [7, 11) is 1.60. The number of allylic oxidation sites excluding steroid dienone is 1. The van der Waals surface area contributed by atoms with E-state index >= 15 is 0 Å². The molecule has 2 aromatic carbocycles. The number of hydrogen-bond donors (Lipinski definition) is 1. The van der Waals surface area contributed by atoms with Crippen LogP contribution in [0.1, 0.15) is 11.1 Å². The number of ether oxygens (including phenoxy) is 1. The van der Waals surface area contributed by atoms with Gasteiger partial charge in [-0.2, -0.15) is 0 Å². The fraction of sp³-hybridized carbons (Fsp3) is 0.0625. The SMILES string of the molecule is COc1ccc(C(/C=C/c2ccc(Cl)cc2Cl)=N/O)cc1. The maximum Gasteiger partial charge on any atom is 0.118 e. The number of methoxy groups -OCH3 is 1. The molecule has 1 N–H and O–H groups in total. The summed E-state index contributed by atoms with van der Waals surface area (Å²) in [4.78, 5) is 0. The second-order valence-electron chi connectivity index (χ2n) is 4.21. The molecular weight excluding hydrogens is 309 g/mol. The lowest BCUT2D eigenvalue weighted by atomic mass is 10.1. The average Bonchev–Trinajstić information content (AvgIpc) is 2.50. The molecule has 0 heterocycles. The van der Waals surface area contributed by atoms with E-state index in [-0.39, 0.29) is 0 Å². The van der Waals surface area contributed by atoms with Crippen LogP contribution in [0.15, 0.2) is 53.7 Å². The molecule has 0 saturated heterocycles. The molecule has 5 heteroatoms. The van der Waals surface area contributed by atoms with Crippen molar-refractivity contribution < 1.29 is 9.94 Å². The zero-order valence-corrected chi connectivity index (χ0v) is 12.8. The van der Waals surface area contributed by atoms with Gasteiger partial charge in [-0.15, -0.1) is 0 Å². The average molecular weight is 322 g/mol. The van der Waals surface area contributed by atoms with E-state index in [1.165, 1.54) is 0 Å². The van der Waals surface area contributed by atoms with Crippen LogP contribution >= 0.6 is 23.2 Å². The van der Waals surface area contributed by atoms with Crippen LogP contribution in [0, 0.1) is 0 Å². The normalized spacial score (nSPS) is 11.9. The van der Waals surface area contributed by atoms with E-state index in [1.54, 1.807) is 49.6 Å². The first-order valence-electron chi connectivity index (χ1n) is 6.13. The van der Waals surface area contributed by atoms with Crippen LogP contribution in [-0.4, -0.2) is 18.0 Å². The highest BCUT2D eigenvalue weighted by Crippen LogP contribution is 2.22. The summed E-state index contributed by atoms with van der Waals surface area (Å²) in [5, 5.41) is 13.6. The minimum absolute atomic E-state index is 0.420. The number of nitrogens with zero attached hydrogens (tertiary/aromatic N) is 1. The standard InChI is InChI=1S/C16H13Cl2NO2/c1-21-14-7-3-12(4-8-14)16(19-20)9-5-11-2-6-13(17)10-15(11)18/h2-10,20H,1H3/b9-5+,19-16+. The number of oxime groups is 1. The van der Waals surface area contributed by atoms with Crippen LogP contribution in [-0.2, 0) is 0 Å². The maximum atomic E-state index is 9.15. The van der Waals surface area contributed by atoms with E-state index in [0.717, 1.165) is 16.9 Å². The molecule has 0 atom stereocenters. The minimum atomic E-state index is 0.420. The van der Waals surface area contributed by atoms with Gasteiger partial charge in [0.15, 0.2) is 0 Å². The summed E-state index contributed by atoms with van der Waals surface area (Å²) in [5.74, 6) is 0.737. The van der Waals surface area contributed by atoms with Gasteiger partial charge < -0.3 is 9.94 Å². The molecule has 2 aromatic rings. The quantitative estimate of drug-likeness (QED) is 0.494. The Bertz CT molecular complexity index is 679. The Morgan fingerprint density at radius 3 is 2.43 bits per heavy atom. The van der Waals surface area contributed by atoms with Crippen molar-refractivity contribution in [3.63, 3.8) is 0 Å². The lowest BCUT2D eigenvalue weighted by molar-refractivity contribution is 0.320. The summed E-state index contributed by atoms with van der Waals surface area (Å²) in [6.07, 6.45) is 3.44. The van der Waals surface area contributed by atoms with Crippen molar-refractivity contribution in [1.82, 2.24) is 0 Å². The van der Waals surface area contributed by atoms with Crippen LogP contribution in [0.2, 0.25) is 10.0 Å². The number of halogens is 2. The first-order valence-corrected chi connectivity index (χ1v) is 6.89. The molecule has 0 aliphatic heterocycles. The van der Waals surface area contributed by atoms with Crippen LogP contribution in [0.4, 0.5) is 0 Å². The molecule has 108 valence electrons. The fourth-order valence-electron chi connectivity index (χ4n) is 1.75. The Kier molecular flexibility index (Phi) is 5.26. The second kappa shape index (κ2) is 7.16. The van der Waals surface area contributed by atoms with Crippen molar-refractivity contribution >= 4 is 35.0 Å². The Labute approximate surface area is 133 Å². The summed E-state index contributed by atoms with van der Waals surface area (Å²) in [5.41, 5.74) is 1.97. The monoisotopic (exact) mass is 321 g/mol. The fourth-order valence-corrected chi connectivity index (χ4v) is 2.23.